The molecule has 1 rings (SSSR count). The lowest BCUT2D eigenvalue weighted by atomic mass is 10.2. The summed E-state index contributed by atoms with van der Waals surface area (Å²) in [6, 6.07) is 3.72. The smallest absolute Gasteiger partial charge is 0.266 e. The molecular formula is C9H15ClN4O. The second-order valence-electron chi connectivity index (χ2n) is 3.20. The number of hydrazine groups is 1. The fraction of sp³-hybridized carbons (Fsp3) is 0.333. The number of rotatable bonds is 3. The number of nitrogens with one attached hydrogen (secondary N) is 2. The van der Waals surface area contributed by atoms with E-state index in [-0.39, 0.29) is 18.3 Å². The normalized spacial score (nSPS) is 9.33. The van der Waals surface area contributed by atoms with Crippen molar-refractivity contribution in [2.24, 2.45) is 5.84 Å². The molecule has 0 atom stereocenters. The minimum absolute atomic E-state index is 0. The first-order chi connectivity index (χ1) is 6.63. The number of halogens is 1. The second kappa shape index (κ2) is 6.21. The van der Waals surface area contributed by atoms with Gasteiger partial charge in [0.05, 0.1) is 5.56 Å². The minimum atomic E-state index is -0.339. The summed E-state index contributed by atoms with van der Waals surface area (Å²) < 4.78 is 0. The number of hydrogen-bond donors (Lipinski definition) is 3. The molecule has 0 bridgehead atoms. The quantitative estimate of drug-likeness (QED) is 0.410. The lowest BCUT2D eigenvalue weighted by molar-refractivity contribution is 0.0953. The number of pyridine rings is 1. The van der Waals surface area contributed by atoms with E-state index in [1.54, 1.807) is 12.1 Å². The van der Waals surface area contributed by atoms with Crippen LogP contribution in [0, 0.1) is 0 Å². The van der Waals surface area contributed by atoms with Crippen molar-refractivity contribution < 1.29 is 4.79 Å². The molecule has 0 spiro atoms. The number of aromatic nitrogens is 1. The third kappa shape index (κ3) is 4.14. The van der Waals surface area contributed by atoms with Crippen LogP contribution >= 0.6 is 12.4 Å². The SMILES string of the molecule is CC(C)Nc1ccc(C(=O)NN)cn1.Cl. The van der Waals surface area contributed by atoms with E-state index in [1.165, 1.54) is 6.20 Å². The van der Waals surface area contributed by atoms with Crippen molar-refractivity contribution in [2.75, 3.05) is 5.32 Å². The average Bonchev–Trinajstić information content (AvgIpc) is 2.17. The molecule has 0 fully saturated rings. The zero-order chi connectivity index (χ0) is 10.6. The van der Waals surface area contributed by atoms with Crippen molar-refractivity contribution in [3.8, 4) is 0 Å². The maximum absolute atomic E-state index is 11.1. The number of carbonyl (C=O) groups is 1. The maximum atomic E-state index is 11.1. The van der Waals surface area contributed by atoms with E-state index in [1.807, 2.05) is 19.3 Å². The lowest BCUT2D eigenvalue weighted by Gasteiger charge is -2.08. The van der Waals surface area contributed by atoms with Gasteiger partial charge in [-0.15, -0.1) is 12.4 Å². The largest absolute Gasteiger partial charge is 0.368 e. The van der Waals surface area contributed by atoms with Gasteiger partial charge >= 0.3 is 0 Å². The van der Waals surface area contributed by atoms with Crippen LogP contribution in [0.2, 0.25) is 0 Å². The zero-order valence-corrected chi connectivity index (χ0v) is 9.47. The van der Waals surface area contributed by atoms with Crippen molar-refractivity contribution in [3.05, 3.63) is 23.9 Å². The van der Waals surface area contributed by atoms with Crippen LogP contribution in [0.1, 0.15) is 24.2 Å². The molecule has 0 aliphatic rings. The summed E-state index contributed by atoms with van der Waals surface area (Å²) in [5.41, 5.74) is 2.49. The Morgan fingerprint density at radius 3 is 2.53 bits per heavy atom. The Labute approximate surface area is 94.8 Å². The molecule has 84 valence electrons. The highest BCUT2D eigenvalue weighted by Gasteiger charge is 2.03. The molecule has 4 N–H and O–H groups in total. The van der Waals surface area contributed by atoms with Gasteiger partial charge in [-0.1, -0.05) is 0 Å². The van der Waals surface area contributed by atoms with Crippen molar-refractivity contribution in [3.63, 3.8) is 0 Å². The van der Waals surface area contributed by atoms with Crippen LogP contribution in [0.15, 0.2) is 18.3 Å². The van der Waals surface area contributed by atoms with Crippen LogP contribution in [0.3, 0.4) is 0 Å². The Bertz CT molecular complexity index is 312. The van der Waals surface area contributed by atoms with Gasteiger partial charge in [0.25, 0.3) is 5.91 Å². The van der Waals surface area contributed by atoms with Crippen molar-refractivity contribution in [1.82, 2.24) is 10.4 Å². The van der Waals surface area contributed by atoms with Crippen molar-refractivity contribution in [1.29, 1.82) is 0 Å². The molecule has 0 saturated carbocycles. The van der Waals surface area contributed by atoms with Crippen LogP contribution in [-0.2, 0) is 0 Å². The predicted molar refractivity (Wildman–Crippen MR) is 61.9 cm³/mol. The highest BCUT2D eigenvalue weighted by atomic mass is 35.5. The first kappa shape index (κ1) is 13.7. The Kier molecular flexibility index (Phi) is 5.66. The van der Waals surface area contributed by atoms with Crippen LogP contribution < -0.4 is 16.6 Å². The summed E-state index contributed by atoms with van der Waals surface area (Å²) in [5.74, 6) is 5.38. The van der Waals surface area contributed by atoms with E-state index in [4.69, 9.17) is 5.84 Å². The Morgan fingerprint density at radius 1 is 1.47 bits per heavy atom. The summed E-state index contributed by atoms with van der Waals surface area (Å²) in [4.78, 5) is 15.1. The van der Waals surface area contributed by atoms with Gasteiger partial charge in [0.15, 0.2) is 0 Å². The summed E-state index contributed by atoms with van der Waals surface area (Å²) >= 11 is 0. The predicted octanol–water partition coefficient (Wildman–Crippen LogP) is 0.927. The molecule has 1 amide bonds. The van der Waals surface area contributed by atoms with E-state index in [9.17, 15) is 4.79 Å². The van der Waals surface area contributed by atoms with Gasteiger partial charge in [-0.3, -0.25) is 10.2 Å². The lowest BCUT2D eigenvalue weighted by Crippen LogP contribution is -2.30. The second-order valence-corrected chi connectivity index (χ2v) is 3.20. The Hall–Kier alpha value is -1.33. The summed E-state index contributed by atoms with van der Waals surface area (Å²) in [6.45, 7) is 4.03. The van der Waals surface area contributed by atoms with Gasteiger partial charge in [0.1, 0.15) is 5.82 Å². The number of nitrogens with zero attached hydrogens (tertiary/aromatic N) is 1. The molecule has 1 aromatic heterocycles. The number of nitrogens with two attached hydrogens (primary N) is 1. The van der Waals surface area contributed by atoms with Crippen LogP contribution in [0.4, 0.5) is 5.82 Å². The molecule has 0 unspecified atom stereocenters. The van der Waals surface area contributed by atoms with E-state index in [0.29, 0.717) is 11.6 Å². The average molecular weight is 231 g/mol. The molecule has 0 radical (unpaired) electrons. The highest BCUT2D eigenvalue weighted by molar-refractivity contribution is 5.93. The van der Waals surface area contributed by atoms with Crippen molar-refractivity contribution >= 4 is 24.1 Å². The molecule has 0 saturated heterocycles. The number of nitrogen functional groups attached to an aromatic ring is 1. The molecular weight excluding hydrogens is 216 g/mol. The van der Waals surface area contributed by atoms with Gasteiger partial charge in [-0.2, -0.15) is 0 Å². The molecule has 0 aliphatic carbocycles. The monoisotopic (exact) mass is 230 g/mol. The van der Waals surface area contributed by atoms with Gasteiger partial charge in [-0.05, 0) is 26.0 Å². The molecule has 1 heterocycles. The fourth-order valence-corrected chi connectivity index (χ4v) is 0.993. The standard InChI is InChI=1S/C9H14N4O.ClH/c1-6(2)12-8-4-3-7(5-11-8)9(14)13-10;/h3-6H,10H2,1-2H3,(H,11,12)(H,13,14);1H. The van der Waals surface area contributed by atoms with Crippen LogP contribution in [0.25, 0.3) is 0 Å². The molecule has 0 aromatic carbocycles. The fourth-order valence-electron chi connectivity index (χ4n) is 0.993. The number of hydrogen-bond acceptors (Lipinski definition) is 4. The third-order valence-electron chi connectivity index (χ3n) is 1.59. The summed E-state index contributed by atoms with van der Waals surface area (Å²) in [6.07, 6.45) is 1.48. The molecule has 0 aliphatic heterocycles. The first-order valence-corrected chi connectivity index (χ1v) is 4.37. The zero-order valence-electron chi connectivity index (χ0n) is 8.65. The van der Waals surface area contributed by atoms with Crippen LogP contribution in [0.5, 0.6) is 0 Å². The molecule has 6 heteroatoms. The molecule has 5 nitrogen and oxygen atoms in total. The van der Waals surface area contributed by atoms with E-state index >= 15 is 0 Å². The van der Waals surface area contributed by atoms with E-state index in [0.717, 1.165) is 5.82 Å². The molecule has 1 aromatic rings. The van der Waals surface area contributed by atoms with Gasteiger partial charge < -0.3 is 5.32 Å². The summed E-state index contributed by atoms with van der Waals surface area (Å²) in [7, 11) is 0. The number of anilines is 1. The minimum Gasteiger partial charge on any atom is -0.368 e. The molecule has 15 heavy (non-hydrogen) atoms. The Morgan fingerprint density at radius 2 is 2.13 bits per heavy atom. The maximum Gasteiger partial charge on any atom is 0.266 e. The van der Waals surface area contributed by atoms with Gasteiger partial charge in [0.2, 0.25) is 0 Å². The van der Waals surface area contributed by atoms with Crippen LogP contribution in [-0.4, -0.2) is 16.9 Å². The number of amides is 1. The third-order valence-corrected chi connectivity index (χ3v) is 1.59. The Balaban J connectivity index is 0.00000196. The van der Waals surface area contributed by atoms with E-state index < -0.39 is 0 Å². The summed E-state index contributed by atoms with van der Waals surface area (Å²) in [5, 5.41) is 3.11. The first-order valence-electron chi connectivity index (χ1n) is 4.37. The topological polar surface area (TPSA) is 80.0 Å². The number of carbonyl (C=O) groups excluding carboxylic acids is 1. The van der Waals surface area contributed by atoms with Gasteiger partial charge in [0, 0.05) is 12.2 Å². The van der Waals surface area contributed by atoms with Gasteiger partial charge in [-0.25, -0.2) is 10.8 Å². The van der Waals surface area contributed by atoms with Crippen molar-refractivity contribution in [2.45, 2.75) is 19.9 Å². The van der Waals surface area contributed by atoms with E-state index in [2.05, 4.69) is 10.3 Å². The highest BCUT2D eigenvalue weighted by Crippen LogP contribution is 2.05.